The van der Waals surface area contributed by atoms with E-state index in [1.54, 1.807) is 13.8 Å². The second-order valence-electron chi connectivity index (χ2n) is 4.03. The predicted molar refractivity (Wildman–Crippen MR) is 58.4 cm³/mol. The van der Waals surface area contributed by atoms with E-state index < -0.39 is 21.3 Å². The molecule has 0 saturated carbocycles. The van der Waals surface area contributed by atoms with Crippen molar-refractivity contribution in [1.82, 2.24) is 4.72 Å². The zero-order chi connectivity index (χ0) is 12.1. The molecule has 5 N–H and O–H groups in total. The first-order valence-electron chi connectivity index (χ1n) is 4.68. The van der Waals surface area contributed by atoms with Gasteiger partial charge in [-0.1, -0.05) is 0 Å². The monoisotopic (exact) mass is 237 g/mol. The van der Waals surface area contributed by atoms with E-state index in [9.17, 15) is 13.2 Å². The third-order valence-electron chi connectivity index (χ3n) is 2.02. The van der Waals surface area contributed by atoms with Crippen molar-refractivity contribution in [1.29, 1.82) is 0 Å². The van der Waals surface area contributed by atoms with E-state index in [-0.39, 0.29) is 12.3 Å². The van der Waals surface area contributed by atoms with Crippen molar-refractivity contribution in [2.45, 2.75) is 20.3 Å². The second kappa shape index (κ2) is 5.43. The van der Waals surface area contributed by atoms with Gasteiger partial charge >= 0.3 is 0 Å². The Morgan fingerprint density at radius 1 is 1.40 bits per heavy atom. The molecule has 0 fully saturated rings. The first-order valence-corrected chi connectivity index (χ1v) is 6.34. The number of nitrogens with two attached hydrogens (primary N) is 2. The van der Waals surface area contributed by atoms with E-state index in [4.69, 9.17) is 11.5 Å². The first kappa shape index (κ1) is 14.3. The molecule has 0 aromatic rings. The second-order valence-corrected chi connectivity index (χ2v) is 5.96. The Bertz CT molecular complexity index is 311. The maximum Gasteiger partial charge on any atom is 0.224 e. The molecule has 6 nitrogen and oxygen atoms in total. The molecular formula is C8H19N3O3S. The van der Waals surface area contributed by atoms with Crippen molar-refractivity contribution in [3.63, 3.8) is 0 Å². The molecule has 0 aliphatic rings. The number of primary amides is 1. The van der Waals surface area contributed by atoms with Crippen LogP contribution in [-0.2, 0) is 14.8 Å². The van der Waals surface area contributed by atoms with E-state index >= 15 is 0 Å². The maximum atomic E-state index is 11.3. The zero-order valence-corrected chi connectivity index (χ0v) is 9.93. The lowest BCUT2D eigenvalue weighted by Gasteiger charge is -2.20. The van der Waals surface area contributed by atoms with Crippen LogP contribution in [0.5, 0.6) is 0 Å². The Hall–Kier alpha value is -0.660. The van der Waals surface area contributed by atoms with Crippen LogP contribution in [0.1, 0.15) is 20.3 Å². The van der Waals surface area contributed by atoms with Gasteiger partial charge in [0.15, 0.2) is 0 Å². The molecule has 15 heavy (non-hydrogen) atoms. The van der Waals surface area contributed by atoms with Gasteiger partial charge in [-0.25, -0.2) is 13.1 Å². The summed E-state index contributed by atoms with van der Waals surface area (Å²) in [6.45, 7) is 3.50. The van der Waals surface area contributed by atoms with Gasteiger partial charge in [0.2, 0.25) is 15.9 Å². The van der Waals surface area contributed by atoms with Crippen molar-refractivity contribution in [3.8, 4) is 0 Å². The highest BCUT2D eigenvalue weighted by atomic mass is 32.2. The molecule has 7 heteroatoms. The summed E-state index contributed by atoms with van der Waals surface area (Å²) in [6.07, 6.45) is 0.395. The lowest BCUT2D eigenvalue weighted by atomic mass is 9.93. The van der Waals surface area contributed by atoms with Crippen molar-refractivity contribution in [2.24, 2.45) is 16.9 Å². The smallest absolute Gasteiger partial charge is 0.224 e. The van der Waals surface area contributed by atoms with Crippen LogP contribution in [0.4, 0.5) is 0 Å². The average Bonchev–Trinajstić information content (AvgIpc) is 2.12. The molecule has 0 spiro atoms. The highest BCUT2D eigenvalue weighted by molar-refractivity contribution is 7.89. The number of carbonyl (C=O) groups excluding carboxylic acids is 1. The summed E-state index contributed by atoms with van der Waals surface area (Å²) in [4.78, 5) is 10.9. The van der Waals surface area contributed by atoms with E-state index in [1.165, 1.54) is 0 Å². The summed E-state index contributed by atoms with van der Waals surface area (Å²) >= 11 is 0. The SMILES string of the molecule is CC(C)(CNS(=O)(=O)CCCN)C(N)=O. The van der Waals surface area contributed by atoms with Crippen molar-refractivity contribution in [3.05, 3.63) is 0 Å². The number of rotatable bonds is 7. The van der Waals surface area contributed by atoms with Crippen LogP contribution in [-0.4, -0.2) is 33.2 Å². The van der Waals surface area contributed by atoms with Gasteiger partial charge in [0.05, 0.1) is 11.2 Å². The first-order chi connectivity index (χ1) is 6.71. The third kappa shape index (κ3) is 5.71. The molecule has 1 amide bonds. The van der Waals surface area contributed by atoms with E-state index in [2.05, 4.69) is 4.72 Å². The number of hydrogen-bond acceptors (Lipinski definition) is 4. The molecule has 0 unspecified atom stereocenters. The van der Waals surface area contributed by atoms with Crippen LogP contribution in [0.3, 0.4) is 0 Å². The molecular weight excluding hydrogens is 218 g/mol. The lowest BCUT2D eigenvalue weighted by molar-refractivity contribution is -0.125. The molecule has 0 aliphatic heterocycles. The summed E-state index contributed by atoms with van der Waals surface area (Å²) in [5.41, 5.74) is 9.43. The average molecular weight is 237 g/mol. The largest absolute Gasteiger partial charge is 0.369 e. The predicted octanol–water partition coefficient (Wildman–Crippen LogP) is -1.23. The number of sulfonamides is 1. The van der Waals surface area contributed by atoms with Gasteiger partial charge in [0, 0.05) is 6.54 Å². The summed E-state index contributed by atoms with van der Waals surface area (Å²) < 4.78 is 25.0. The van der Waals surface area contributed by atoms with Gasteiger partial charge in [-0.3, -0.25) is 4.79 Å². The van der Waals surface area contributed by atoms with Crippen molar-refractivity contribution >= 4 is 15.9 Å². The summed E-state index contributed by atoms with van der Waals surface area (Å²) in [6, 6.07) is 0. The van der Waals surface area contributed by atoms with Crippen LogP contribution < -0.4 is 16.2 Å². The van der Waals surface area contributed by atoms with Crippen LogP contribution >= 0.6 is 0 Å². The van der Waals surface area contributed by atoms with Gasteiger partial charge in [0.25, 0.3) is 0 Å². The summed E-state index contributed by atoms with van der Waals surface area (Å²) in [5, 5.41) is 0. The van der Waals surface area contributed by atoms with Crippen LogP contribution in [0.15, 0.2) is 0 Å². The van der Waals surface area contributed by atoms with Crippen molar-refractivity contribution < 1.29 is 13.2 Å². The Kier molecular flexibility index (Phi) is 5.19. The Labute approximate surface area is 90.4 Å². The molecule has 0 aromatic heterocycles. The number of nitrogens with one attached hydrogen (secondary N) is 1. The van der Waals surface area contributed by atoms with Crippen molar-refractivity contribution in [2.75, 3.05) is 18.8 Å². The fraction of sp³-hybridized carbons (Fsp3) is 0.875. The normalized spacial score (nSPS) is 12.7. The summed E-state index contributed by atoms with van der Waals surface area (Å²) in [5.74, 6) is -0.567. The number of hydrogen-bond donors (Lipinski definition) is 3. The highest BCUT2D eigenvalue weighted by Gasteiger charge is 2.26. The van der Waals surface area contributed by atoms with Gasteiger partial charge in [-0.05, 0) is 26.8 Å². The quantitative estimate of drug-likeness (QED) is 0.514. The highest BCUT2D eigenvalue weighted by Crippen LogP contribution is 2.12. The Morgan fingerprint density at radius 3 is 2.33 bits per heavy atom. The number of carbonyl (C=O) groups is 1. The zero-order valence-electron chi connectivity index (χ0n) is 9.12. The van der Waals surface area contributed by atoms with Gasteiger partial charge in [0.1, 0.15) is 0 Å². The molecule has 0 atom stereocenters. The molecule has 90 valence electrons. The lowest BCUT2D eigenvalue weighted by Crippen LogP contribution is -2.43. The van der Waals surface area contributed by atoms with Gasteiger partial charge in [-0.15, -0.1) is 0 Å². The molecule has 0 rings (SSSR count). The Balaban J connectivity index is 4.21. The molecule has 0 bridgehead atoms. The summed E-state index contributed by atoms with van der Waals surface area (Å²) in [7, 11) is -3.35. The maximum absolute atomic E-state index is 11.3. The fourth-order valence-corrected chi connectivity index (χ4v) is 1.99. The van der Waals surface area contributed by atoms with Crippen LogP contribution in [0, 0.1) is 5.41 Å². The van der Waals surface area contributed by atoms with Crippen LogP contribution in [0.25, 0.3) is 0 Å². The minimum atomic E-state index is -3.35. The standard InChI is InChI=1S/C8H19N3O3S/c1-8(2,7(10)12)6-11-15(13,14)5-3-4-9/h11H,3-6,9H2,1-2H3,(H2,10,12). The molecule has 0 heterocycles. The van der Waals surface area contributed by atoms with Gasteiger partial charge < -0.3 is 11.5 Å². The molecule has 0 aromatic carbocycles. The minimum Gasteiger partial charge on any atom is -0.369 e. The minimum absolute atomic E-state index is 0.00916. The molecule has 0 radical (unpaired) electrons. The van der Waals surface area contributed by atoms with Crippen LogP contribution in [0.2, 0.25) is 0 Å². The number of amides is 1. The van der Waals surface area contributed by atoms with E-state index in [0.29, 0.717) is 13.0 Å². The van der Waals surface area contributed by atoms with Gasteiger partial charge in [-0.2, -0.15) is 0 Å². The van der Waals surface area contributed by atoms with E-state index in [1.807, 2.05) is 0 Å². The third-order valence-corrected chi connectivity index (χ3v) is 3.43. The fourth-order valence-electron chi connectivity index (χ4n) is 0.723. The topological polar surface area (TPSA) is 115 Å². The van der Waals surface area contributed by atoms with E-state index in [0.717, 1.165) is 0 Å². The molecule has 0 saturated heterocycles. The molecule has 0 aliphatic carbocycles. The Morgan fingerprint density at radius 2 is 1.93 bits per heavy atom.